The van der Waals surface area contributed by atoms with Crippen molar-refractivity contribution in [2.45, 2.75) is 61.3 Å². The summed E-state index contributed by atoms with van der Waals surface area (Å²) in [7, 11) is -15.8. The summed E-state index contributed by atoms with van der Waals surface area (Å²) < 4.78 is 118. The lowest BCUT2D eigenvalue weighted by Crippen LogP contribution is -2.67. The van der Waals surface area contributed by atoms with Crippen LogP contribution in [-0.4, -0.2) is 138 Å². The molecule has 0 aromatic heterocycles. The van der Waals surface area contributed by atoms with Gasteiger partial charge in [0.1, 0.15) is 36.6 Å². The Balaban J connectivity index is 2.46. The number of carboxylic acid groups (broad SMARTS) is 1. The van der Waals surface area contributed by atoms with Gasteiger partial charge in [-0.15, -0.1) is 0 Å². The lowest BCUT2D eigenvalue weighted by Gasteiger charge is -2.46. The molecule has 0 spiro atoms. The maximum Gasteiger partial charge on any atom is 0.397 e. The molecular weight excluding hydrogens is 574 g/mol. The zero-order chi connectivity index (χ0) is 27.8. The summed E-state index contributed by atoms with van der Waals surface area (Å²) in [6.07, 6.45) is -21.1. The van der Waals surface area contributed by atoms with Gasteiger partial charge in [-0.25, -0.2) is 13.2 Å². The van der Waals surface area contributed by atoms with Gasteiger partial charge in [-0.05, 0) is 0 Å². The highest BCUT2D eigenvalue weighted by Crippen LogP contribution is 2.31. The molecule has 0 aromatic rings. The standard InChI is InChI=1S/C12H21NO20S3/c14-4-3(13-34(20,21)22)11(19)30-2(1-29-35(23,24)25)7(4)31-12-9(33-36(26,27)28)6(16)5(15)8(32-12)10(17)18/h2-9,11-16,19H,1H2,(H,17,18)(H,20,21,22)(H,23,24,25)(H,26,27,28)/t2-,3-,4-,5+,6+,7-,8+,9-,11+,12-/m1/s1. The fraction of sp³-hybridized carbons (Fsp3) is 0.917. The molecule has 0 unspecified atom stereocenters. The molecular formula is C12H21NO20S3. The van der Waals surface area contributed by atoms with Crippen LogP contribution in [0.2, 0.25) is 0 Å². The van der Waals surface area contributed by atoms with Crippen LogP contribution in [0, 0.1) is 0 Å². The van der Waals surface area contributed by atoms with E-state index in [1.54, 1.807) is 0 Å². The SMILES string of the molecule is O=C(O)[C@H]1O[C@@H](O[C@H]2[C@H](O)[C@@H](NS(=O)(=O)O)[C@@H](O)O[C@@H]2COS(=O)(=O)O)[C@H](OS(=O)(=O)O)[C@@H](O)[C@@H]1O. The van der Waals surface area contributed by atoms with E-state index in [9.17, 15) is 50.5 Å². The normalized spacial score (nSPS) is 38.5. The second-order valence-electron chi connectivity index (χ2n) is 7.22. The van der Waals surface area contributed by atoms with Crippen LogP contribution < -0.4 is 4.72 Å². The number of carboxylic acids is 1. The van der Waals surface area contributed by atoms with Gasteiger partial charge in [-0.1, -0.05) is 0 Å². The third-order valence-corrected chi connectivity index (χ3v) is 6.14. The van der Waals surface area contributed by atoms with Crippen molar-refractivity contribution in [3.8, 4) is 0 Å². The Labute approximate surface area is 201 Å². The minimum atomic E-state index is -5.47. The van der Waals surface area contributed by atoms with E-state index >= 15 is 0 Å². The molecule has 2 saturated heterocycles. The molecule has 21 nitrogen and oxygen atoms in total. The lowest BCUT2D eigenvalue weighted by atomic mass is 9.96. The molecule has 0 aliphatic carbocycles. The third-order valence-electron chi connectivity index (χ3n) is 4.67. The molecule has 9 N–H and O–H groups in total. The first-order valence-corrected chi connectivity index (χ1v) is 13.3. The highest BCUT2D eigenvalue weighted by Gasteiger charge is 2.54. The van der Waals surface area contributed by atoms with Crippen molar-refractivity contribution in [3.63, 3.8) is 0 Å². The molecule has 0 radical (unpaired) electrons. The van der Waals surface area contributed by atoms with Gasteiger partial charge in [0, 0.05) is 0 Å². The zero-order valence-corrected chi connectivity index (χ0v) is 19.6. The second kappa shape index (κ2) is 11.3. The summed E-state index contributed by atoms with van der Waals surface area (Å²) >= 11 is 0. The van der Waals surface area contributed by atoms with Crippen molar-refractivity contribution >= 4 is 37.1 Å². The van der Waals surface area contributed by atoms with E-state index in [1.165, 1.54) is 4.72 Å². The molecule has 0 bridgehead atoms. The fourth-order valence-electron chi connectivity index (χ4n) is 3.24. The molecule has 2 fully saturated rings. The van der Waals surface area contributed by atoms with Gasteiger partial charge in [0.05, 0.1) is 6.61 Å². The number of hydrogen-bond acceptors (Lipinski definition) is 16. The first kappa shape index (κ1) is 31.0. The number of nitrogens with one attached hydrogen (secondary N) is 1. The second-order valence-corrected chi connectivity index (χ2v) is 10.5. The molecule has 36 heavy (non-hydrogen) atoms. The van der Waals surface area contributed by atoms with Gasteiger partial charge in [0.2, 0.25) is 0 Å². The third kappa shape index (κ3) is 8.41. The minimum Gasteiger partial charge on any atom is -0.479 e. The van der Waals surface area contributed by atoms with Crippen LogP contribution in [0.15, 0.2) is 0 Å². The smallest absolute Gasteiger partial charge is 0.397 e. The average molecular weight is 595 g/mol. The van der Waals surface area contributed by atoms with Crippen LogP contribution in [-0.2, 0) is 58.5 Å². The topological polar surface area (TPSA) is 340 Å². The molecule has 2 aliphatic rings. The molecule has 0 aromatic carbocycles. The van der Waals surface area contributed by atoms with E-state index in [4.69, 9.17) is 33.0 Å². The Hall–Kier alpha value is -1.20. The number of ether oxygens (including phenoxy) is 3. The van der Waals surface area contributed by atoms with Crippen LogP contribution >= 0.6 is 0 Å². The molecule has 0 saturated carbocycles. The van der Waals surface area contributed by atoms with Crippen molar-refractivity contribution in [1.82, 2.24) is 4.72 Å². The highest BCUT2D eigenvalue weighted by atomic mass is 32.3. The monoisotopic (exact) mass is 595 g/mol. The van der Waals surface area contributed by atoms with Crippen molar-refractivity contribution in [2.24, 2.45) is 0 Å². The van der Waals surface area contributed by atoms with E-state index in [0.29, 0.717) is 0 Å². The van der Waals surface area contributed by atoms with E-state index in [-0.39, 0.29) is 0 Å². The van der Waals surface area contributed by atoms with Crippen molar-refractivity contribution < 1.29 is 91.8 Å². The first-order valence-electron chi connectivity index (χ1n) is 9.14. The molecule has 212 valence electrons. The summed E-state index contributed by atoms with van der Waals surface area (Å²) in [6, 6.07) is -2.19. The summed E-state index contributed by atoms with van der Waals surface area (Å²) in [4.78, 5) is 11.3. The quantitative estimate of drug-likeness (QED) is 0.106. The van der Waals surface area contributed by atoms with Gasteiger partial charge in [0.25, 0.3) is 0 Å². The summed E-state index contributed by atoms with van der Waals surface area (Å²) in [6.45, 7) is -1.29. The minimum absolute atomic E-state index is 1.29. The van der Waals surface area contributed by atoms with Crippen LogP contribution in [0.4, 0.5) is 0 Å². The van der Waals surface area contributed by atoms with Crippen molar-refractivity contribution in [1.29, 1.82) is 0 Å². The van der Waals surface area contributed by atoms with E-state index in [2.05, 4.69) is 8.37 Å². The van der Waals surface area contributed by atoms with Gasteiger partial charge >= 0.3 is 37.1 Å². The number of carbonyl (C=O) groups is 1. The van der Waals surface area contributed by atoms with E-state index in [1.807, 2.05) is 0 Å². The van der Waals surface area contributed by atoms with Crippen LogP contribution in [0.1, 0.15) is 0 Å². The van der Waals surface area contributed by atoms with Crippen LogP contribution in [0.25, 0.3) is 0 Å². The van der Waals surface area contributed by atoms with E-state index in [0.717, 1.165) is 0 Å². The zero-order valence-electron chi connectivity index (χ0n) is 17.2. The Morgan fingerprint density at radius 3 is 1.89 bits per heavy atom. The molecule has 10 atom stereocenters. The molecule has 2 heterocycles. The number of aliphatic hydroxyl groups excluding tert-OH is 4. The molecule has 0 amide bonds. The van der Waals surface area contributed by atoms with Gasteiger partial charge in [0.15, 0.2) is 24.8 Å². The summed E-state index contributed by atoms with van der Waals surface area (Å²) in [5, 5.41) is 49.7. The fourth-order valence-corrected chi connectivity index (χ4v) is 4.63. The average Bonchev–Trinajstić information content (AvgIpc) is 2.68. The largest absolute Gasteiger partial charge is 0.479 e. The predicted octanol–water partition coefficient (Wildman–Crippen LogP) is -6.25. The molecule has 2 rings (SSSR count). The Kier molecular flexibility index (Phi) is 9.71. The summed E-state index contributed by atoms with van der Waals surface area (Å²) in [5.41, 5.74) is 0. The lowest BCUT2D eigenvalue weighted by molar-refractivity contribution is -0.336. The van der Waals surface area contributed by atoms with Gasteiger partial charge in [-0.3, -0.25) is 13.7 Å². The Bertz CT molecular complexity index is 1100. The summed E-state index contributed by atoms with van der Waals surface area (Å²) in [5.74, 6) is -1.94. The van der Waals surface area contributed by atoms with E-state index < -0.39 is 105 Å². The maximum absolute atomic E-state index is 11.3. The van der Waals surface area contributed by atoms with Gasteiger partial charge < -0.3 is 39.7 Å². The Morgan fingerprint density at radius 2 is 1.42 bits per heavy atom. The van der Waals surface area contributed by atoms with Crippen molar-refractivity contribution in [3.05, 3.63) is 0 Å². The number of aliphatic hydroxyl groups is 4. The van der Waals surface area contributed by atoms with Crippen LogP contribution in [0.3, 0.4) is 0 Å². The number of rotatable bonds is 10. The predicted molar refractivity (Wildman–Crippen MR) is 102 cm³/mol. The van der Waals surface area contributed by atoms with Crippen molar-refractivity contribution in [2.75, 3.05) is 6.61 Å². The first-order chi connectivity index (χ1) is 16.2. The highest BCUT2D eigenvalue weighted by molar-refractivity contribution is 7.83. The van der Waals surface area contributed by atoms with Crippen LogP contribution in [0.5, 0.6) is 0 Å². The number of aliphatic carboxylic acids is 1. The molecule has 2 aliphatic heterocycles. The van der Waals surface area contributed by atoms with Gasteiger partial charge in [-0.2, -0.15) is 30.0 Å². The Morgan fingerprint density at radius 1 is 0.833 bits per heavy atom. The number of hydrogen-bond donors (Lipinski definition) is 9. The molecule has 24 heteroatoms. The maximum atomic E-state index is 11.3.